The van der Waals surface area contributed by atoms with E-state index in [4.69, 9.17) is 0 Å². The van der Waals surface area contributed by atoms with Gasteiger partial charge in [-0.15, -0.1) is 0 Å². The molecular formula is C25H30N6O2. The Morgan fingerprint density at radius 1 is 1.15 bits per heavy atom. The van der Waals surface area contributed by atoms with Crippen molar-refractivity contribution in [1.82, 2.24) is 30.0 Å². The molecule has 1 unspecified atom stereocenters. The summed E-state index contributed by atoms with van der Waals surface area (Å²) in [6, 6.07) is 12.1. The van der Waals surface area contributed by atoms with Crippen LogP contribution in [-0.4, -0.2) is 55.6 Å². The van der Waals surface area contributed by atoms with E-state index in [1.54, 1.807) is 11.1 Å². The summed E-state index contributed by atoms with van der Waals surface area (Å²) in [5.41, 5.74) is 2.45. The number of nitrogens with zero attached hydrogens (tertiary/aromatic N) is 5. The van der Waals surface area contributed by atoms with Crippen molar-refractivity contribution < 1.29 is 9.59 Å². The smallest absolute Gasteiger partial charge is 0.244 e. The molecule has 1 aromatic carbocycles. The van der Waals surface area contributed by atoms with Gasteiger partial charge in [-0.25, -0.2) is 9.67 Å². The molecule has 4 rings (SSSR count). The number of rotatable bonds is 7. The van der Waals surface area contributed by atoms with Gasteiger partial charge in [0.2, 0.25) is 11.8 Å². The molecule has 1 saturated heterocycles. The lowest BCUT2D eigenvalue weighted by Crippen LogP contribution is -2.56. The summed E-state index contributed by atoms with van der Waals surface area (Å²) in [4.78, 5) is 36.6. The molecule has 0 bridgehead atoms. The fraction of sp³-hybridized carbons (Fsp3) is 0.400. The second-order valence-electron chi connectivity index (χ2n) is 9.00. The molecule has 2 aromatic heterocycles. The second kappa shape index (κ2) is 9.94. The Hall–Kier alpha value is -3.55. The van der Waals surface area contributed by atoms with Gasteiger partial charge in [-0.2, -0.15) is 5.10 Å². The van der Waals surface area contributed by atoms with E-state index in [1.807, 2.05) is 44.3 Å². The summed E-state index contributed by atoms with van der Waals surface area (Å²) < 4.78 is 1.52. The van der Waals surface area contributed by atoms with Crippen LogP contribution in [0.1, 0.15) is 32.3 Å². The molecule has 0 radical (unpaired) electrons. The number of benzene rings is 1. The molecule has 3 aromatic rings. The minimum atomic E-state index is -0.709. The maximum Gasteiger partial charge on any atom is 0.244 e. The topological polar surface area (TPSA) is 93.0 Å². The van der Waals surface area contributed by atoms with Gasteiger partial charge in [-0.1, -0.05) is 30.3 Å². The normalized spacial score (nSPS) is 18.3. The quantitative estimate of drug-likeness (QED) is 0.602. The minimum absolute atomic E-state index is 0.00301. The van der Waals surface area contributed by atoms with Crippen molar-refractivity contribution in [1.29, 1.82) is 0 Å². The van der Waals surface area contributed by atoms with Crippen LogP contribution in [0, 0.1) is 5.41 Å². The first-order valence-electron chi connectivity index (χ1n) is 11.4. The predicted octanol–water partition coefficient (Wildman–Crippen LogP) is 2.72. The molecule has 0 saturated carbocycles. The zero-order chi connectivity index (χ0) is 23.3. The van der Waals surface area contributed by atoms with Crippen molar-refractivity contribution in [3.63, 3.8) is 0 Å². The highest BCUT2D eigenvalue weighted by Gasteiger charge is 2.44. The zero-order valence-electron chi connectivity index (χ0n) is 19.1. The lowest BCUT2D eigenvalue weighted by molar-refractivity contribution is -0.142. The van der Waals surface area contributed by atoms with E-state index in [2.05, 4.69) is 32.5 Å². The Balaban J connectivity index is 1.64. The van der Waals surface area contributed by atoms with Crippen LogP contribution in [0.25, 0.3) is 11.1 Å². The molecule has 2 amide bonds. The fourth-order valence-corrected chi connectivity index (χ4v) is 4.57. The van der Waals surface area contributed by atoms with Gasteiger partial charge < -0.3 is 10.2 Å². The Bertz CT molecular complexity index is 1080. The summed E-state index contributed by atoms with van der Waals surface area (Å²) >= 11 is 0. The monoisotopic (exact) mass is 446 g/mol. The van der Waals surface area contributed by atoms with Crippen LogP contribution in [-0.2, 0) is 22.6 Å². The molecule has 3 heterocycles. The Morgan fingerprint density at radius 2 is 2.00 bits per heavy atom. The zero-order valence-corrected chi connectivity index (χ0v) is 19.1. The van der Waals surface area contributed by atoms with E-state index in [-0.39, 0.29) is 24.4 Å². The maximum absolute atomic E-state index is 13.6. The Morgan fingerprint density at radius 3 is 2.73 bits per heavy atom. The number of aromatic nitrogens is 4. The van der Waals surface area contributed by atoms with E-state index in [0.717, 1.165) is 29.5 Å². The van der Waals surface area contributed by atoms with Crippen molar-refractivity contribution in [3.05, 3.63) is 67.0 Å². The highest BCUT2D eigenvalue weighted by Crippen LogP contribution is 2.37. The second-order valence-corrected chi connectivity index (χ2v) is 9.00. The average Bonchev–Trinajstić information content (AvgIpc) is 3.33. The van der Waals surface area contributed by atoms with Crippen LogP contribution in [0.15, 0.2) is 61.4 Å². The third-order valence-electron chi connectivity index (χ3n) is 6.11. The predicted molar refractivity (Wildman–Crippen MR) is 125 cm³/mol. The third-order valence-corrected chi connectivity index (χ3v) is 6.11. The summed E-state index contributed by atoms with van der Waals surface area (Å²) in [6.07, 6.45) is 8.58. The fourth-order valence-electron chi connectivity index (χ4n) is 4.57. The van der Waals surface area contributed by atoms with Gasteiger partial charge >= 0.3 is 0 Å². The molecule has 33 heavy (non-hydrogen) atoms. The molecule has 8 nitrogen and oxygen atoms in total. The van der Waals surface area contributed by atoms with Crippen LogP contribution in [0.5, 0.6) is 0 Å². The SMILES string of the molecule is CC(C)NC(=O)C1(Cc2ccccc2-c2cccnc2)CCCN(C(=O)Cn2cncn2)C1. The van der Waals surface area contributed by atoms with E-state index in [9.17, 15) is 9.59 Å². The summed E-state index contributed by atoms with van der Waals surface area (Å²) in [5, 5.41) is 7.17. The average molecular weight is 447 g/mol. The molecule has 1 aliphatic heterocycles. The first kappa shape index (κ1) is 22.6. The number of pyridine rings is 1. The van der Waals surface area contributed by atoms with Crippen molar-refractivity contribution in [2.75, 3.05) is 13.1 Å². The van der Waals surface area contributed by atoms with E-state index in [0.29, 0.717) is 19.5 Å². The standard InChI is InChI=1S/C25H30N6O2/c1-19(2)29-24(33)25(10-6-12-30(16-25)23(32)15-31-18-27-17-28-31)13-20-7-3-4-9-22(20)21-8-5-11-26-14-21/h3-5,7-9,11,14,17-19H,6,10,12-13,15-16H2,1-2H3,(H,29,33). The van der Waals surface area contributed by atoms with Crippen LogP contribution >= 0.6 is 0 Å². The molecule has 1 fully saturated rings. The molecule has 0 aliphatic carbocycles. The number of carbonyl (C=O) groups excluding carboxylic acids is 2. The molecule has 172 valence electrons. The number of hydrogen-bond acceptors (Lipinski definition) is 5. The Labute approximate surface area is 194 Å². The van der Waals surface area contributed by atoms with Gasteiger partial charge in [-0.05, 0) is 50.3 Å². The number of piperidine rings is 1. The number of carbonyl (C=O) groups is 2. The minimum Gasteiger partial charge on any atom is -0.353 e. The van der Waals surface area contributed by atoms with E-state index >= 15 is 0 Å². The van der Waals surface area contributed by atoms with E-state index in [1.165, 1.54) is 17.3 Å². The number of hydrogen-bond donors (Lipinski definition) is 1. The van der Waals surface area contributed by atoms with Crippen molar-refractivity contribution >= 4 is 11.8 Å². The maximum atomic E-state index is 13.6. The van der Waals surface area contributed by atoms with Crippen LogP contribution in [0.4, 0.5) is 0 Å². The number of amides is 2. The molecule has 1 aliphatic rings. The highest BCUT2D eigenvalue weighted by atomic mass is 16.2. The van der Waals surface area contributed by atoms with Gasteiger partial charge in [0.15, 0.2) is 0 Å². The molecule has 8 heteroatoms. The van der Waals surface area contributed by atoms with Crippen LogP contribution in [0.2, 0.25) is 0 Å². The molecule has 1 N–H and O–H groups in total. The van der Waals surface area contributed by atoms with E-state index < -0.39 is 5.41 Å². The number of likely N-dealkylation sites (tertiary alicyclic amines) is 1. The molecule has 0 spiro atoms. The van der Waals surface area contributed by atoms with Gasteiger partial charge in [0.25, 0.3) is 0 Å². The van der Waals surface area contributed by atoms with Crippen molar-refractivity contribution in [2.45, 2.75) is 45.7 Å². The van der Waals surface area contributed by atoms with Crippen LogP contribution in [0.3, 0.4) is 0 Å². The van der Waals surface area contributed by atoms with Gasteiger partial charge in [0.1, 0.15) is 19.2 Å². The molecule has 1 atom stereocenters. The number of nitrogens with one attached hydrogen (secondary N) is 1. The first-order valence-corrected chi connectivity index (χ1v) is 11.4. The lowest BCUT2D eigenvalue weighted by Gasteiger charge is -2.42. The van der Waals surface area contributed by atoms with Crippen molar-refractivity contribution in [3.8, 4) is 11.1 Å². The molecular weight excluding hydrogens is 416 g/mol. The largest absolute Gasteiger partial charge is 0.353 e. The van der Waals surface area contributed by atoms with Gasteiger partial charge in [-0.3, -0.25) is 14.6 Å². The summed E-state index contributed by atoms with van der Waals surface area (Å²) in [7, 11) is 0. The van der Waals surface area contributed by atoms with Crippen molar-refractivity contribution in [2.24, 2.45) is 5.41 Å². The van der Waals surface area contributed by atoms with Gasteiger partial charge in [0.05, 0.1) is 5.41 Å². The third kappa shape index (κ3) is 5.27. The summed E-state index contributed by atoms with van der Waals surface area (Å²) in [6.45, 7) is 5.06. The highest BCUT2D eigenvalue weighted by molar-refractivity contribution is 5.85. The summed E-state index contributed by atoms with van der Waals surface area (Å²) in [5.74, 6) is -0.0563. The Kier molecular flexibility index (Phi) is 6.82. The lowest BCUT2D eigenvalue weighted by atomic mass is 9.73. The van der Waals surface area contributed by atoms with Crippen LogP contribution < -0.4 is 5.32 Å². The van der Waals surface area contributed by atoms with Gasteiger partial charge in [0, 0.05) is 37.1 Å². The first-order chi connectivity index (χ1) is 16.0.